The number of rotatable bonds is 4. The average molecular weight is 323 g/mol. The van der Waals surface area contributed by atoms with Crippen LogP contribution < -0.4 is 5.32 Å². The second-order valence-corrected chi connectivity index (χ2v) is 5.05. The number of amides is 1. The number of pyridine rings is 1. The molecule has 2 aromatic heterocycles. The molecule has 0 bridgehead atoms. The summed E-state index contributed by atoms with van der Waals surface area (Å²) in [5.74, 6) is 0.0633. The first-order valence-corrected chi connectivity index (χ1v) is 7.08. The highest BCUT2D eigenvalue weighted by molar-refractivity contribution is 6.02. The van der Waals surface area contributed by atoms with Crippen molar-refractivity contribution in [2.24, 2.45) is 0 Å². The number of anilines is 1. The molecule has 3 aromatic rings. The van der Waals surface area contributed by atoms with E-state index < -0.39 is 10.8 Å². The zero-order chi connectivity index (χ0) is 17.1. The van der Waals surface area contributed by atoms with Crippen LogP contribution in [0, 0.1) is 17.0 Å². The van der Waals surface area contributed by atoms with Gasteiger partial charge >= 0.3 is 0 Å². The fourth-order valence-corrected chi connectivity index (χ4v) is 2.13. The van der Waals surface area contributed by atoms with Gasteiger partial charge in [0, 0.05) is 24.5 Å². The van der Waals surface area contributed by atoms with Crippen LogP contribution in [-0.2, 0) is 0 Å². The number of aromatic nitrogens is 3. The number of nitro groups is 1. The Morgan fingerprint density at radius 2 is 2.08 bits per heavy atom. The van der Waals surface area contributed by atoms with Gasteiger partial charge in [0.15, 0.2) is 5.69 Å². The summed E-state index contributed by atoms with van der Waals surface area (Å²) in [6, 6.07) is 11.2. The van der Waals surface area contributed by atoms with Crippen molar-refractivity contribution in [3.05, 3.63) is 76.2 Å². The van der Waals surface area contributed by atoms with Crippen molar-refractivity contribution in [2.75, 3.05) is 5.32 Å². The van der Waals surface area contributed by atoms with Crippen LogP contribution >= 0.6 is 0 Å². The minimum absolute atomic E-state index is 0.0434. The first-order chi connectivity index (χ1) is 11.5. The van der Waals surface area contributed by atoms with Crippen LogP contribution in [0.2, 0.25) is 0 Å². The molecular weight excluding hydrogens is 310 g/mol. The van der Waals surface area contributed by atoms with Crippen LogP contribution in [0.1, 0.15) is 16.1 Å². The van der Waals surface area contributed by atoms with Gasteiger partial charge in [-0.25, -0.2) is 9.67 Å². The van der Waals surface area contributed by atoms with E-state index in [0.717, 1.165) is 5.56 Å². The largest absolute Gasteiger partial charge is 0.305 e. The summed E-state index contributed by atoms with van der Waals surface area (Å²) in [4.78, 5) is 26.7. The summed E-state index contributed by atoms with van der Waals surface area (Å²) in [5, 5.41) is 17.7. The molecule has 0 radical (unpaired) electrons. The molecule has 0 saturated heterocycles. The Labute approximate surface area is 136 Å². The molecule has 0 atom stereocenters. The highest BCUT2D eigenvalue weighted by Crippen LogP contribution is 2.17. The number of nitrogens with zero attached hydrogens (tertiary/aromatic N) is 4. The average Bonchev–Trinajstić information content (AvgIpc) is 3.07. The zero-order valence-corrected chi connectivity index (χ0v) is 12.7. The minimum atomic E-state index is -0.482. The zero-order valence-electron chi connectivity index (χ0n) is 12.7. The molecule has 0 aliphatic heterocycles. The van der Waals surface area contributed by atoms with Gasteiger partial charge in [-0.1, -0.05) is 12.1 Å². The van der Waals surface area contributed by atoms with Gasteiger partial charge in [-0.3, -0.25) is 14.9 Å². The van der Waals surface area contributed by atoms with Crippen molar-refractivity contribution in [2.45, 2.75) is 6.92 Å². The second kappa shape index (κ2) is 6.29. The monoisotopic (exact) mass is 323 g/mol. The Kier molecular flexibility index (Phi) is 4.02. The van der Waals surface area contributed by atoms with Gasteiger partial charge in [-0.15, -0.1) is 0 Å². The number of non-ortho nitro benzene ring substituents is 1. The third-order valence-electron chi connectivity index (χ3n) is 3.37. The molecule has 1 amide bonds. The van der Waals surface area contributed by atoms with E-state index in [-0.39, 0.29) is 11.4 Å². The fraction of sp³-hybridized carbons (Fsp3) is 0.0625. The predicted molar refractivity (Wildman–Crippen MR) is 87.1 cm³/mol. The standard InChI is InChI=1S/C16H13N5O3/c1-11-4-3-8-17-15(11)18-16(22)14-7-9-20(19-14)12-5-2-6-13(10-12)21(23)24/h2-10H,1H3,(H,17,18,22). The van der Waals surface area contributed by atoms with Gasteiger partial charge in [0.2, 0.25) is 0 Å². The van der Waals surface area contributed by atoms with E-state index in [1.807, 2.05) is 13.0 Å². The van der Waals surface area contributed by atoms with Gasteiger partial charge in [-0.2, -0.15) is 5.10 Å². The molecule has 0 aliphatic carbocycles. The highest BCUT2D eigenvalue weighted by Gasteiger charge is 2.13. The normalized spacial score (nSPS) is 10.4. The lowest BCUT2D eigenvalue weighted by molar-refractivity contribution is -0.384. The van der Waals surface area contributed by atoms with E-state index in [4.69, 9.17) is 0 Å². The van der Waals surface area contributed by atoms with Crippen molar-refractivity contribution in [3.63, 3.8) is 0 Å². The van der Waals surface area contributed by atoms with Crippen molar-refractivity contribution in [1.29, 1.82) is 0 Å². The van der Waals surface area contributed by atoms with Crippen molar-refractivity contribution >= 4 is 17.4 Å². The third kappa shape index (κ3) is 3.12. The number of nitrogens with one attached hydrogen (secondary N) is 1. The summed E-state index contributed by atoms with van der Waals surface area (Å²) in [6.45, 7) is 1.84. The van der Waals surface area contributed by atoms with Crippen LogP contribution in [0.25, 0.3) is 5.69 Å². The van der Waals surface area contributed by atoms with Gasteiger partial charge in [-0.05, 0) is 30.7 Å². The van der Waals surface area contributed by atoms with Gasteiger partial charge in [0.05, 0.1) is 10.6 Å². The molecule has 0 unspecified atom stereocenters. The van der Waals surface area contributed by atoms with Gasteiger partial charge < -0.3 is 5.32 Å². The van der Waals surface area contributed by atoms with Crippen LogP contribution in [0.4, 0.5) is 11.5 Å². The topological polar surface area (TPSA) is 103 Å². The van der Waals surface area contributed by atoms with Crippen LogP contribution in [0.5, 0.6) is 0 Å². The maximum Gasteiger partial charge on any atom is 0.277 e. The van der Waals surface area contributed by atoms with E-state index in [9.17, 15) is 14.9 Å². The third-order valence-corrected chi connectivity index (χ3v) is 3.37. The Hall–Kier alpha value is -3.55. The SMILES string of the molecule is Cc1cccnc1NC(=O)c1ccn(-c2cccc([N+](=O)[O-])c2)n1. The maximum atomic E-state index is 12.3. The Bertz CT molecular complexity index is 919. The molecule has 2 heterocycles. The van der Waals surface area contributed by atoms with Gasteiger partial charge in [0.1, 0.15) is 5.82 Å². The fourth-order valence-electron chi connectivity index (χ4n) is 2.13. The number of nitro benzene ring substituents is 1. The number of hydrogen-bond acceptors (Lipinski definition) is 5. The summed E-state index contributed by atoms with van der Waals surface area (Å²) in [7, 11) is 0. The number of hydrogen-bond donors (Lipinski definition) is 1. The molecular formula is C16H13N5O3. The van der Waals surface area contributed by atoms with Crippen molar-refractivity contribution < 1.29 is 9.72 Å². The maximum absolute atomic E-state index is 12.3. The molecule has 120 valence electrons. The molecule has 8 nitrogen and oxygen atoms in total. The molecule has 0 fully saturated rings. The summed E-state index contributed by atoms with van der Waals surface area (Å²) in [5.41, 5.74) is 1.48. The molecule has 0 saturated carbocycles. The summed E-state index contributed by atoms with van der Waals surface area (Å²) < 4.78 is 1.41. The number of carbonyl (C=O) groups excluding carboxylic acids is 1. The summed E-state index contributed by atoms with van der Waals surface area (Å²) >= 11 is 0. The first kappa shape index (κ1) is 15.3. The molecule has 3 rings (SSSR count). The lowest BCUT2D eigenvalue weighted by atomic mass is 10.3. The van der Waals surface area contributed by atoms with E-state index in [2.05, 4.69) is 15.4 Å². The lowest BCUT2D eigenvalue weighted by Gasteiger charge is -2.05. The van der Waals surface area contributed by atoms with Crippen molar-refractivity contribution in [1.82, 2.24) is 14.8 Å². The molecule has 0 spiro atoms. The smallest absolute Gasteiger partial charge is 0.277 e. The summed E-state index contributed by atoms with van der Waals surface area (Å²) in [6.07, 6.45) is 3.16. The number of carbonyl (C=O) groups is 1. The van der Waals surface area contributed by atoms with E-state index in [0.29, 0.717) is 11.5 Å². The molecule has 24 heavy (non-hydrogen) atoms. The Morgan fingerprint density at radius 1 is 1.25 bits per heavy atom. The molecule has 8 heteroatoms. The molecule has 1 N–H and O–H groups in total. The lowest BCUT2D eigenvalue weighted by Crippen LogP contribution is -2.15. The number of aryl methyl sites for hydroxylation is 1. The number of benzene rings is 1. The molecule has 0 aliphatic rings. The van der Waals surface area contributed by atoms with Crippen LogP contribution in [0.3, 0.4) is 0 Å². The van der Waals surface area contributed by atoms with E-state index in [1.165, 1.54) is 22.9 Å². The van der Waals surface area contributed by atoms with E-state index >= 15 is 0 Å². The quantitative estimate of drug-likeness (QED) is 0.587. The van der Waals surface area contributed by atoms with Gasteiger partial charge in [0.25, 0.3) is 11.6 Å². The first-order valence-electron chi connectivity index (χ1n) is 7.08. The predicted octanol–water partition coefficient (Wildman–Crippen LogP) is 2.74. The second-order valence-electron chi connectivity index (χ2n) is 5.05. The Morgan fingerprint density at radius 3 is 2.83 bits per heavy atom. The van der Waals surface area contributed by atoms with Crippen molar-refractivity contribution in [3.8, 4) is 5.69 Å². The van der Waals surface area contributed by atoms with Crippen LogP contribution in [-0.4, -0.2) is 25.6 Å². The van der Waals surface area contributed by atoms with Crippen LogP contribution in [0.15, 0.2) is 54.9 Å². The van der Waals surface area contributed by atoms with E-state index in [1.54, 1.807) is 30.6 Å². The Balaban J connectivity index is 1.83. The minimum Gasteiger partial charge on any atom is -0.305 e. The highest BCUT2D eigenvalue weighted by atomic mass is 16.6. The molecule has 1 aromatic carbocycles.